The number of rotatable bonds is 4. The van der Waals surface area contributed by atoms with Crippen molar-refractivity contribution in [3.63, 3.8) is 0 Å². The molecule has 1 amide bonds. The smallest absolute Gasteiger partial charge is 0.269 e. The van der Waals surface area contributed by atoms with Crippen molar-refractivity contribution in [2.24, 2.45) is 0 Å². The van der Waals surface area contributed by atoms with Gasteiger partial charge in [0.25, 0.3) is 5.69 Å². The average Bonchev–Trinajstić information content (AvgIpc) is 2.47. The van der Waals surface area contributed by atoms with Gasteiger partial charge in [0.2, 0.25) is 5.91 Å². The number of benzene rings is 1. The molecule has 0 aromatic heterocycles. The molecule has 1 N–H and O–H groups in total. The van der Waals surface area contributed by atoms with E-state index in [1.165, 1.54) is 23.9 Å². The Morgan fingerprint density at radius 3 is 2.64 bits per heavy atom. The molecule has 122 valence electrons. The number of piperazine rings is 1. The molecule has 1 aliphatic heterocycles. The van der Waals surface area contributed by atoms with Crippen molar-refractivity contribution in [2.45, 2.75) is 30.0 Å². The second-order valence-electron chi connectivity index (χ2n) is 5.15. The Kier molecular flexibility index (Phi) is 7.12. The van der Waals surface area contributed by atoms with Crippen LogP contribution in [0.3, 0.4) is 0 Å². The standard InChI is InChI=1S/C14H19N3O3S.ClH/c1-10-9-16(8-7-15-10)14(18)11(2)21-13-5-3-12(4-6-13)17(19)20;/h3-6,10-11,15H,7-9H2,1-2H3;1H. The van der Waals surface area contributed by atoms with Crippen molar-refractivity contribution in [2.75, 3.05) is 19.6 Å². The van der Waals surface area contributed by atoms with Gasteiger partial charge in [-0.2, -0.15) is 0 Å². The fraction of sp³-hybridized carbons (Fsp3) is 0.500. The molecule has 8 heteroatoms. The number of nitrogens with zero attached hydrogens (tertiary/aromatic N) is 2. The maximum absolute atomic E-state index is 12.4. The van der Waals surface area contributed by atoms with Crippen LogP contribution >= 0.6 is 24.2 Å². The largest absolute Gasteiger partial charge is 0.339 e. The molecule has 0 bridgehead atoms. The maximum Gasteiger partial charge on any atom is 0.269 e. The summed E-state index contributed by atoms with van der Waals surface area (Å²) in [5.41, 5.74) is 0.0641. The molecule has 1 fully saturated rings. The number of non-ortho nitro benzene ring substituents is 1. The number of halogens is 1. The van der Waals surface area contributed by atoms with E-state index in [1.807, 2.05) is 11.8 Å². The Morgan fingerprint density at radius 1 is 1.45 bits per heavy atom. The van der Waals surface area contributed by atoms with Crippen LogP contribution in [0.2, 0.25) is 0 Å². The molecule has 0 spiro atoms. The predicted molar refractivity (Wildman–Crippen MR) is 89.7 cm³/mol. The molecule has 1 heterocycles. The molecule has 0 aliphatic carbocycles. The normalized spacial score (nSPS) is 19.2. The minimum Gasteiger partial charge on any atom is -0.339 e. The van der Waals surface area contributed by atoms with Crippen molar-refractivity contribution in [3.05, 3.63) is 34.4 Å². The molecular weight excluding hydrogens is 326 g/mol. The van der Waals surface area contributed by atoms with Crippen LogP contribution in [0.4, 0.5) is 5.69 Å². The van der Waals surface area contributed by atoms with E-state index in [-0.39, 0.29) is 29.3 Å². The van der Waals surface area contributed by atoms with E-state index in [4.69, 9.17) is 0 Å². The summed E-state index contributed by atoms with van der Waals surface area (Å²) in [5.74, 6) is 0.117. The second-order valence-corrected chi connectivity index (χ2v) is 6.56. The van der Waals surface area contributed by atoms with E-state index in [2.05, 4.69) is 12.2 Å². The summed E-state index contributed by atoms with van der Waals surface area (Å²) in [6, 6.07) is 6.62. The molecule has 1 saturated heterocycles. The van der Waals surface area contributed by atoms with Crippen LogP contribution < -0.4 is 5.32 Å². The topological polar surface area (TPSA) is 75.5 Å². The molecule has 2 unspecified atom stereocenters. The van der Waals surface area contributed by atoms with Gasteiger partial charge in [-0.15, -0.1) is 24.2 Å². The molecule has 2 rings (SSSR count). The zero-order valence-corrected chi connectivity index (χ0v) is 14.2. The fourth-order valence-electron chi connectivity index (χ4n) is 2.29. The summed E-state index contributed by atoms with van der Waals surface area (Å²) in [7, 11) is 0. The van der Waals surface area contributed by atoms with Gasteiger partial charge >= 0.3 is 0 Å². The lowest BCUT2D eigenvalue weighted by atomic mass is 10.2. The number of thioether (sulfide) groups is 1. The fourth-order valence-corrected chi connectivity index (χ4v) is 3.24. The zero-order chi connectivity index (χ0) is 15.4. The predicted octanol–water partition coefficient (Wildman–Crippen LogP) is 2.32. The van der Waals surface area contributed by atoms with Gasteiger partial charge in [-0.25, -0.2) is 0 Å². The first kappa shape index (κ1) is 18.7. The number of nitro benzene ring substituents is 1. The summed E-state index contributed by atoms with van der Waals surface area (Å²) in [6.45, 7) is 6.22. The summed E-state index contributed by atoms with van der Waals surface area (Å²) < 4.78 is 0. The zero-order valence-electron chi connectivity index (χ0n) is 12.5. The van der Waals surface area contributed by atoms with Crippen molar-refractivity contribution < 1.29 is 9.72 Å². The Bertz CT molecular complexity index is 527. The Morgan fingerprint density at radius 2 is 2.09 bits per heavy atom. The number of hydrogen-bond acceptors (Lipinski definition) is 5. The van der Waals surface area contributed by atoms with Crippen LogP contribution in [0.5, 0.6) is 0 Å². The monoisotopic (exact) mass is 345 g/mol. The van der Waals surface area contributed by atoms with E-state index >= 15 is 0 Å². The minimum absolute atomic E-state index is 0. The summed E-state index contributed by atoms with van der Waals surface area (Å²) in [4.78, 5) is 25.3. The third-order valence-corrected chi connectivity index (χ3v) is 4.49. The highest BCUT2D eigenvalue weighted by Crippen LogP contribution is 2.26. The first-order valence-corrected chi connectivity index (χ1v) is 7.78. The van der Waals surface area contributed by atoms with Gasteiger partial charge in [0.15, 0.2) is 0 Å². The Hall–Kier alpha value is -1.31. The third-order valence-electron chi connectivity index (χ3n) is 3.39. The number of nitrogens with one attached hydrogen (secondary N) is 1. The van der Waals surface area contributed by atoms with E-state index in [0.717, 1.165) is 24.5 Å². The molecule has 0 radical (unpaired) electrons. The first-order valence-electron chi connectivity index (χ1n) is 6.90. The molecule has 22 heavy (non-hydrogen) atoms. The van der Waals surface area contributed by atoms with E-state index in [0.29, 0.717) is 6.04 Å². The van der Waals surface area contributed by atoms with E-state index < -0.39 is 4.92 Å². The van der Waals surface area contributed by atoms with E-state index in [9.17, 15) is 14.9 Å². The summed E-state index contributed by atoms with van der Waals surface area (Å²) >= 11 is 1.43. The molecular formula is C14H20ClN3O3S. The number of carbonyl (C=O) groups excluding carboxylic acids is 1. The van der Waals surface area contributed by atoms with Gasteiger partial charge in [-0.1, -0.05) is 0 Å². The van der Waals surface area contributed by atoms with Crippen molar-refractivity contribution in [1.82, 2.24) is 10.2 Å². The lowest BCUT2D eigenvalue weighted by Gasteiger charge is -2.33. The second kappa shape index (κ2) is 8.36. The van der Waals surface area contributed by atoms with Crippen LogP contribution in [0.1, 0.15) is 13.8 Å². The molecule has 1 aromatic carbocycles. The van der Waals surface area contributed by atoms with Crippen LogP contribution in [0.25, 0.3) is 0 Å². The van der Waals surface area contributed by atoms with Gasteiger partial charge in [0.1, 0.15) is 0 Å². The number of amides is 1. The van der Waals surface area contributed by atoms with Crippen LogP contribution in [0, 0.1) is 10.1 Å². The minimum atomic E-state index is -0.425. The number of hydrogen-bond donors (Lipinski definition) is 1. The molecule has 0 saturated carbocycles. The summed E-state index contributed by atoms with van der Waals surface area (Å²) in [6.07, 6.45) is 0. The van der Waals surface area contributed by atoms with Crippen molar-refractivity contribution >= 4 is 35.8 Å². The highest BCUT2D eigenvalue weighted by atomic mass is 35.5. The Labute approximate surface area is 140 Å². The highest BCUT2D eigenvalue weighted by Gasteiger charge is 2.25. The van der Waals surface area contributed by atoms with Gasteiger partial charge in [-0.05, 0) is 26.0 Å². The average molecular weight is 346 g/mol. The van der Waals surface area contributed by atoms with E-state index in [1.54, 1.807) is 12.1 Å². The Balaban J connectivity index is 0.00000242. The lowest BCUT2D eigenvalue weighted by molar-refractivity contribution is -0.384. The molecule has 1 aromatic rings. The molecule has 6 nitrogen and oxygen atoms in total. The first-order chi connectivity index (χ1) is 9.97. The van der Waals surface area contributed by atoms with Crippen molar-refractivity contribution in [3.8, 4) is 0 Å². The van der Waals surface area contributed by atoms with Crippen LogP contribution in [0.15, 0.2) is 29.2 Å². The van der Waals surface area contributed by atoms with Crippen LogP contribution in [-0.4, -0.2) is 46.7 Å². The van der Waals surface area contributed by atoms with Gasteiger partial charge in [0, 0.05) is 42.7 Å². The number of nitro groups is 1. The SMILES string of the molecule is CC1CN(C(=O)C(C)Sc2ccc([N+](=O)[O-])cc2)CCN1.Cl. The maximum atomic E-state index is 12.4. The third kappa shape index (κ3) is 4.86. The lowest BCUT2D eigenvalue weighted by Crippen LogP contribution is -2.53. The van der Waals surface area contributed by atoms with Crippen molar-refractivity contribution in [1.29, 1.82) is 0 Å². The quantitative estimate of drug-likeness (QED) is 0.515. The van der Waals surface area contributed by atoms with Gasteiger partial charge < -0.3 is 10.2 Å². The highest BCUT2D eigenvalue weighted by molar-refractivity contribution is 8.00. The number of carbonyl (C=O) groups is 1. The van der Waals surface area contributed by atoms with Gasteiger partial charge in [0.05, 0.1) is 10.2 Å². The molecule has 2 atom stereocenters. The van der Waals surface area contributed by atoms with Gasteiger partial charge in [-0.3, -0.25) is 14.9 Å². The molecule has 1 aliphatic rings. The summed E-state index contributed by atoms with van der Waals surface area (Å²) in [5, 5.41) is 13.7. The van der Waals surface area contributed by atoms with Crippen LogP contribution in [-0.2, 0) is 4.79 Å².